The molecule has 30 heavy (non-hydrogen) atoms. The van der Waals surface area contributed by atoms with Gasteiger partial charge in [-0.2, -0.15) is 0 Å². The molecule has 0 bridgehead atoms. The lowest BCUT2D eigenvalue weighted by Crippen LogP contribution is -2.12. The van der Waals surface area contributed by atoms with Crippen molar-refractivity contribution in [2.24, 2.45) is 7.05 Å². The number of ether oxygens (including phenoxy) is 1. The molecular weight excluding hydrogens is 418 g/mol. The fraction of sp³-hybridized carbons (Fsp3) is 0.333. The molecule has 0 aliphatic carbocycles. The zero-order valence-electron chi connectivity index (χ0n) is 17.3. The second-order valence-electron chi connectivity index (χ2n) is 7.31. The molecule has 0 amide bonds. The molecule has 0 spiro atoms. The highest BCUT2D eigenvalue weighted by Gasteiger charge is 2.18. The monoisotopic (exact) mass is 441 g/mol. The largest absolute Gasteiger partial charge is 0.483 e. The lowest BCUT2D eigenvalue weighted by atomic mass is 10.0. The van der Waals surface area contributed by atoms with Crippen molar-refractivity contribution in [1.82, 2.24) is 24.1 Å². The Hall–Kier alpha value is -2.65. The van der Waals surface area contributed by atoms with Crippen LogP contribution in [0.25, 0.3) is 4.96 Å². The van der Waals surface area contributed by atoms with Crippen LogP contribution in [0.3, 0.4) is 0 Å². The average Bonchev–Trinajstić information content (AvgIpc) is 3.33. The van der Waals surface area contributed by atoms with Gasteiger partial charge < -0.3 is 9.30 Å². The molecule has 0 N–H and O–H groups in total. The molecule has 0 saturated carbocycles. The molecule has 3 aromatic heterocycles. The highest BCUT2D eigenvalue weighted by atomic mass is 32.2. The van der Waals surface area contributed by atoms with Gasteiger partial charge in [0.1, 0.15) is 5.75 Å². The molecule has 4 rings (SSSR count). The van der Waals surface area contributed by atoms with Gasteiger partial charge in [-0.25, -0.2) is 4.98 Å². The van der Waals surface area contributed by atoms with Crippen molar-refractivity contribution in [3.63, 3.8) is 0 Å². The van der Waals surface area contributed by atoms with E-state index >= 15 is 0 Å². The second-order valence-corrected chi connectivity index (χ2v) is 9.13. The number of fused-ring (bicyclic) bond motifs is 1. The van der Waals surface area contributed by atoms with Crippen LogP contribution in [-0.4, -0.2) is 24.1 Å². The lowest BCUT2D eigenvalue weighted by molar-refractivity contribution is 0.211. The van der Waals surface area contributed by atoms with Crippen LogP contribution in [0.2, 0.25) is 0 Å². The lowest BCUT2D eigenvalue weighted by Gasteiger charge is -2.15. The summed E-state index contributed by atoms with van der Waals surface area (Å²) >= 11 is 2.94. The van der Waals surface area contributed by atoms with Gasteiger partial charge in [0.05, 0.1) is 5.69 Å². The van der Waals surface area contributed by atoms with E-state index in [1.165, 1.54) is 28.7 Å². The van der Waals surface area contributed by atoms with Gasteiger partial charge in [-0.3, -0.25) is 9.20 Å². The molecule has 7 nitrogen and oxygen atoms in total. The summed E-state index contributed by atoms with van der Waals surface area (Å²) in [5.41, 5.74) is 1.94. The summed E-state index contributed by atoms with van der Waals surface area (Å²) in [6.45, 7) is 6.30. The molecule has 0 aliphatic heterocycles. The zero-order chi connectivity index (χ0) is 21.3. The van der Waals surface area contributed by atoms with Crippen LogP contribution in [0.15, 0.2) is 51.9 Å². The molecule has 0 radical (unpaired) electrons. The van der Waals surface area contributed by atoms with Crippen molar-refractivity contribution in [3.8, 4) is 5.75 Å². The summed E-state index contributed by atoms with van der Waals surface area (Å²) in [6, 6.07) is 9.72. The summed E-state index contributed by atoms with van der Waals surface area (Å²) in [7, 11) is 1.92. The van der Waals surface area contributed by atoms with Crippen LogP contribution in [0, 0.1) is 0 Å². The van der Waals surface area contributed by atoms with Gasteiger partial charge in [-0.1, -0.05) is 37.7 Å². The summed E-state index contributed by atoms with van der Waals surface area (Å²) < 4.78 is 9.53. The van der Waals surface area contributed by atoms with E-state index in [4.69, 9.17) is 4.74 Å². The normalized spacial score (nSPS) is 12.6. The van der Waals surface area contributed by atoms with Gasteiger partial charge in [0.2, 0.25) is 0 Å². The van der Waals surface area contributed by atoms with E-state index in [1.54, 1.807) is 16.7 Å². The average molecular weight is 442 g/mol. The van der Waals surface area contributed by atoms with Crippen LogP contribution in [-0.2, 0) is 12.8 Å². The van der Waals surface area contributed by atoms with E-state index in [0.717, 1.165) is 22.4 Å². The summed E-state index contributed by atoms with van der Waals surface area (Å²) in [4.78, 5) is 17.4. The zero-order valence-corrected chi connectivity index (χ0v) is 18.9. The standard InChI is InChI=1S/C21H23N5O2S2/c1-13(2)15-5-7-17(8-6-15)28-14(3)19-23-24-21(25(19)4)30-12-16-11-18(27)26-9-10-29-20(26)22-16/h5-11,13-14H,12H2,1-4H3/t14-/m0/s1. The van der Waals surface area contributed by atoms with Crippen molar-refractivity contribution in [2.75, 3.05) is 0 Å². The Kier molecular flexibility index (Phi) is 5.92. The molecule has 0 aliphatic rings. The molecule has 4 aromatic rings. The van der Waals surface area contributed by atoms with E-state index in [9.17, 15) is 4.79 Å². The first-order chi connectivity index (χ1) is 14.4. The molecule has 0 fully saturated rings. The molecule has 1 atom stereocenters. The number of hydrogen-bond acceptors (Lipinski definition) is 7. The van der Waals surface area contributed by atoms with Crippen molar-refractivity contribution < 1.29 is 4.74 Å². The topological polar surface area (TPSA) is 74.3 Å². The Morgan fingerprint density at radius 2 is 1.93 bits per heavy atom. The number of thioether (sulfide) groups is 1. The fourth-order valence-electron chi connectivity index (χ4n) is 3.09. The predicted octanol–water partition coefficient (Wildman–Crippen LogP) is 4.44. The SMILES string of the molecule is CC(C)c1ccc(O[C@@H](C)c2nnc(SCc3cc(=O)n4ccsc4n3)n2C)cc1. The van der Waals surface area contributed by atoms with Gasteiger partial charge in [-0.05, 0) is 30.5 Å². The Labute approximate surface area is 182 Å². The third-order valence-corrected chi connectivity index (χ3v) is 6.61. The van der Waals surface area contributed by atoms with Crippen LogP contribution >= 0.6 is 23.1 Å². The fourth-order valence-corrected chi connectivity index (χ4v) is 4.64. The van der Waals surface area contributed by atoms with Gasteiger partial charge in [0.25, 0.3) is 5.56 Å². The van der Waals surface area contributed by atoms with Crippen LogP contribution < -0.4 is 10.3 Å². The van der Waals surface area contributed by atoms with Crippen molar-refractivity contribution in [2.45, 2.75) is 43.7 Å². The van der Waals surface area contributed by atoms with Crippen molar-refractivity contribution >= 4 is 28.1 Å². The smallest absolute Gasteiger partial charge is 0.258 e. The molecule has 1 aromatic carbocycles. The first-order valence-electron chi connectivity index (χ1n) is 9.67. The Balaban J connectivity index is 1.44. The minimum absolute atomic E-state index is 0.0685. The van der Waals surface area contributed by atoms with E-state index in [0.29, 0.717) is 16.6 Å². The third kappa shape index (κ3) is 4.27. The van der Waals surface area contributed by atoms with Gasteiger partial charge in [0, 0.05) is 30.4 Å². The first kappa shape index (κ1) is 20.6. The first-order valence-corrected chi connectivity index (χ1v) is 11.5. The maximum atomic E-state index is 12.1. The van der Waals surface area contributed by atoms with Crippen LogP contribution in [0.1, 0.15) is 49.9 Å². The van der Waals surface area contributed by atoms with Crippen molar-refractivity contribution in [1.29, 1.82) is 0 Å². The maximum Gasteiger partial charge on any atom is 0.258 e. The van der Waals surface area contributed by atoms with Gasteiger partial charge in [0.15, 0.2) is 22.0 Å². The molecule has 0 saturated heterocycles. The van der Waals surface area contributed by atoms with Crippen molar-refractivity contribution in [3.05, 3.63) is 69.3 Å². The Bertz CT molecular complexity index is 1210. The summed E-state index contributed by atoms with van der Waals surface area (Å²) in [5.74, 6) is 2.58. The molecule has 0 unspecified atom stereocenters. The number of thiazole rings is 1. The second kappa shape index (κ2) is 8.61. The number of hydrogen-bond donors (Lipinski definition) is 0. The number of nitrogens with zero attached hydrogens (tertiary/aromatic N) is 5. The minimum Gasteiger partial charge on any atom is -0.483 e. The summed E-state index contributed by atoms with van der Waals surface area (Å²) in [6.07, 6.45) is 1.49. The van der Waals surface area contributed by atoms with E-state index in [1.807, 2.05) is 36.1 Å². The Morgan fingerprint density at radius 1 is 1.17 bits per heavy atom. The minimum atomic E-state index is -0.244. The number of benzene rings is 1. The number of rotatable bonds is 7. The van der Waals surface area contributed by atoms with E-state index < -0.39 is 0 Å². The molecule has 3 heterocycles. The maximum absolute atomic E-state index is 12.1. The third-order valence-electron chi connectivity index (χ3n) is 4.80. The molecule has 9 heteroatoms. The van der Waals surface area contributed by atoms with E-state index in [2.05, 4.69) is 41.2 Å². The Morgan fingerprint density at radius 3 is 2.67 bits per heavy atom. The van der Waals surface area contributed by atoms with Gasteiger partial charge >= 0.3 is 0 Å². The van der Waals surface area contributed by atoms with Crippen LogP contribution in [0.5, 0.6) is 5.75 Å². The number of aromatic nitrogens is 5. The highest BCUT2D eigenvalue weighted by Crippen LogP contribution is 2.26. The quantitative estimate of drug-likeness (QED) is 0.395. The molecular formula is C21H23N5O2S2. The van der Waals surface area contributed by atoms with E-state index in [-0.39, 0.29) is 11.7 Å². The van der Waals surface area contributed by atoms with Crippen LogP contribution in [0.4, 0.5) is 0 Å². The molecule has 156 valence electrons. The summed E-state index contributed by atoms with van der Waals surface area (Å²) in [5, 5.41) is 11.2. The highest BCUT2D eigenvalue weighted by molar-refractivity contribution is 7.98. The van der Waals surface area contributed by atoms with Gasteiger partial charge in [-0.15, -0.1) is 21.5 Å². The predicted molar refractivity (Wildman–Crippen MR) is 119 cm³/mol.